The molecule has 0 fully saturated rings. The third-order valence-electron chi connectivity index (χ3n) is 3.84. The van der Waals surface area contributed by atoms with Gasteiger partial charge in [0.15, 0.2) is 11.9 Å². The van der Waals surface area contributed by atoms with E-state index in [1.807, 2.05) is 0 Å². The van der Waals surface area contributed by atoms with Crippen molar-refractivity contribution in [3.05, 3.63) is 63.3 Å². The van der Waals surface area contributed by atoms with E-state index in [1.165, 1.54) is 6.08 Å². The predicted molar refractivity (Wildman–Crippen MR) is 103 cm³/mol. The minimum absolute atomic E-state index is 0.129. The average molecular weight is 407 g/mol. The summed E-state index contributed by atoms with van der Waals surface area (Å²) < 4.78 is 16.1. The highest BCUT2D eigenvalue weighted by Crippen LogP contribution is 2.36. The first-order chi connectivity index (χ1) is 12.9. The molecule has 0 N–H and O–H groups in total. The van der Waals surface area contributed by atoms with Gasteiger partial charge in [-0.05, 0) is 43.7 Å². The van der Waals surface area contributed by atoms with E-state index in [1.54, 1.807) is 50.2 Å². The maximum atomic E-state index is 12.5. The Balaban J connectivity index is 1.82. The molecule has 1 unspecified atom stereocenters. The fraction of sp³-hybridized carbons (Fsp3) is 0.200. The SMILES string of the molecule is CCOC(=O)C(C)Oc1ccc2c(c1)OC(=Cc1cccc(Cl)c1Cl)C2=O. The molecule has 140 valence electrons. The van der Waals surface area contributed by atoms with E-state index < -0.39 is 12.1 Å². The zero-order chi connectivity index (χ0) is 19.6. The number of carbonyl (C=O) groups excluding carboxylic acids is 2. The van der Waals surface area contributed by atoms with Crippen LogP contribution in [0.25, 0.3) is 6.08 Å². The van der Waals surface area contributed by atoms with Gasteiger partial charge in [-0.3, -0.25) is 4.79 Å². The lowest BCUT2D eigenvalue weighted by molar-refractivity contribution is -0.150. The number of benzene rings is 2. The molecular formula is C20H16Cl2O5. The largest absolute Gasteiger partial charge is 0.479 e. The van der Waals surface area contributed by atoms with Crippen molar-refractivity contribution in [3.63, 3.8) is 0 Å². The van der Waals surface area contributed by atoms with Crippen molar-refractivity contribution in [2.45, 2.75) is 20.0 Å². The molecule has 1 atom stereocenters. The third kappa shape index (κ3) is 4.10. The summed E-state index contributed by atoms with van der Waals surface area (Å²) in [5, 5.41) is 0.726. The number of esters is 1. The standard InChI is InChI=1S/C20H16Cl2O5/c1-3-25-20(24)11(2)26-13-7-8-14-16(10-13)27-17(19(14)23)9-12-5-4-6-15(21)18(12)22/h4-11H,3H2,1-2H3. The maximum Gasteiger partial charge on any atom is 0.347 e. The first-order valence-electron chi connectivity index (χ1n) is 8.26. The number of allylic oxidation sites excluding steroid dienone is 1. The van der Waals surface area contributed by atoms with Crippen LogP contribution in [-0.2, 0) is 9.53 Å². The Labute approximate surface area is 166 Å². The van der Waals surface area contributed by atoms with E-state index in [0.717, 1.165) is 0 Å². The van der Waals surface area contributed by atoms with E-state index in [9.17, 15) is 9.59 Å². The Bertz CT molecular complexity index is 936. The van der Waals surface area contributed by atoms with Crippen molar-refractivity contribution < 1.29 is 23.8 Å². The molecule has 0 aliphatic carbocycles. The highest BCUT2D eigenvalue weighted by Gasteiger charge is 2.28. The van der Waals surface area contributed by atoms with E-state index in [2.05, 4.69) is 0 Å². The molecule has 1 heterocycles. The van der Waals surface area contributed by atoms with Crippen molar-refractivity contribution in [2.24, 2.45) is 0 Å². The lowest BCUT2D eigenvalue weighted by Crippen LogP contribution is -2.26. The fourth-order valence-corrected chi connectivity index (χ4v) is 2.89. The minimum Gasteiger partial charge on any atom is -0.479 e. The highest BCUT2D eigenvalue weighted by molar-refractivity contribution is 6.43. The molecule has 5 nitrogen and oxygen atoms in total. The number of carbonyl (C=O) groups is 2. The molecule has 0 bridgehead atoms. The van der Waals surface area contributed by atoms with Gasteiger partial charge in [-0.25, -0.2) is 4.79 Å². The predicted octanol–water partition coefficient (Wildman–Crippen LogP) is 4.94. The lowest BCUT2D eigenvalue weighted by Gasteiger charge is -2.13. The molecule has 0 radical (unpaired) electrons. The lowest BCUT2D eigenvalue weighted by atomic mass is 10.1. The van der Waals surface area contributed by atoms with Crippen molar-refractivity contribution in [2.75, 3.05) is 6.61 Å². The smallest absolute Gasteiger partial charge is 0.347 e. The van der Waals surface area contributed by atoms with Crippen LogP contribution in [-0.4, -0.2) is 24.5 Å². The summed E-state index contributed by atoms with van der Waals surface area (Å²) in [6.45, 7) is 3.58. The first kappa shape index (κ1) is 19.3. The summed E-state index contributed by atoms with van der Waals surface area (Å²) >= 11 is 12.2. The van der Waals surface area contributed by atoms with Gasteiger partial charge in [0, 0.05) is 6.07 Å². The molecule has 0 aromatic heterocycles. The summed E-state index contributed by atoms with van der Waals surface area (Å²) in [5.74, 6) is 0.129. The van der Waals surface area contributed by atoms with Gasteiger partial charge in [0.25, 0.3) is 0 Å². The van der Waals surface area contributed by atoms with Crippen molar-refractivity contribution >= 4 is 41.0 Å². The van der Waals surface area contributed by atoms with Gasteiger partial charge in [0.2, 0.25) is 5.78 Å². The van der Waals surface area contributed by atoms with Gasteiger partial charge in [0.1, 0.15) is 11.5 Å². The zero-order valence-corrected chi connectivity index (χ0v) is 16.1. The van der Waals surface area contributed by atoms with Crippen LogP contribution in [0.3, 0.4) is 0 Å². The molecule has 0 saturated heterocycles. The summed E-state index contributed by atoms with van der Waals surface area (Å²) in [4.78, 5) is 24.2. The van der Waals surface area contributed by atoms with Crippen molar-refractivity contribution in [3.8, 4) is 11.5 Å². The topological polar surface area (TPSA) is 61.8 Å². The zero-order valence-electron chi connectivity index (χ0n) is 14.6. The van der Waals surface area contributed by atoms with Crippen LogP contribution in [0, 0.1) is 0 Å². The Morgan fingerprint density at radius 3 is 2.78 bits per heavy atom. The second-order valence-corrected chi connectivity index (χ2v) is 6.54. The van der Waals surface area contributed by atoms with E-state index >= 15 is 0 Å². The van der Waals surface area contributed by atoms with Crippen molar-refractivity contribution in [1.82, 2.24) is 0 Å². The molecular weight excluding hydrogens is 391 g/mol. The maximum absolute atomic E-state index is 12.5. The van der Waals surface area contributed by atoms with Gasteiger partial charge in [0.05, 0.1) is 22.2 Å². The molecule has 3 rings (SSSR count). The number of fused-ring (bicyclic) bond motifs is 1. The Morgan fingerprint density at radius 2 is 2.04 bits per heavy atom. The summed E-state index contributed by atoms with van der Waals surface area (Å²) in [7, 11) is 0. The summed E-state index contributed by atoms with van der Waals surface area (Å²) in [6, 6.07) is 9.87. The van der Waals surface area contributed by atoms with Crippen LogP contribution in [0.4, 0.5) is 0 Å². The monoisotopic (exact) mass is 406 g/mol. The summed E-state index contributed by atoms with van der Waals surface area (Å²) in [5.41, 5.74) is 0.975. The van der Waals surface area contributed by atoms with Gasteiger partial charge in [-0.2, -0.15) is 0 Å². The molecule has 1 aliphatic heterocycles. The minimum atomic E-state index is -0.777. The molecule has 1 aliphatic rings. The average Bonchev–Trinajstić information content (AvgIpc) is 2.94. The molecule has 27 heavy (non-hydrogen) atoms. The van der Waals surface area contributed by atoms with E-state index in [-0.39, 0.29) is 18.1 Å². The molecule has 0 spiro atoms. The van der Waals surface area contributed by atoms with Gasteiger partial charge >= 0.3 is 5.97 Å². The second-order valence-electron chi connectivity index (χ2n) is 5.75. The number of hydrogen-bond acceptors (Lipinski definition) is 5. The van der Waals surface area contributed by atoms with Crippen LogP contribution in [0.2, 0.25) is 10.0 Å². The quantitative estimate of drug-likeness (QED) is 0.519. The number of halogens is 2. The van der Waals surface area contributed by atoms with Crippen LogP contribution in [0.1, 0.15) is 29.8 Å². The first-order valence-corrected chi connectivity index (χ1v) is 9.02. The molecule has 0 amide bonds. The van der Waals surface area contributed by atoms with E-state index in [4.69, 9.17) is 37.4 Å². The van der Waals surface area contributed by atoms with Crippen LogP contribution >= 0.6 is 23.2 Å². The Hall–Kier alpha value is -2.50. The fourth-order valence-electron chi connectivity index (χ4n) is 2.53. The number of rotatable bonds is 5. The third-order valence-corrected chi connectivity index (χ3v) is 4.67. The van der Waals surface area contributed by atoms with Crippen LogP contribution in [0.5, 0.6) is 11.5 Å². The van der Waals surface area contributed by atoms with Gasteiger partial charge in [-0.1, -0.05) is 35.3 Å². The normalized spacial score (nSPS) is 15.3. The number of Topliss-reactive ketones (excluding diaryl/α,β-unsaturated/α-hetero) is 1. The van der Waals surface area contributed by atoms with Crippen molar-refractivity contribution in [1.29, 1.82) is 0 Å². The van der Waals surface area contributed by atoms with Crippen LogP contribution in [0.15, 0.2) is 42.2 Å². The number of ketones is 1. The molecule has 0 saturated carbocycles. The Morgan fingerprint density at radius 1 is 1.26 bits per heavy atom. The molecule has 2 aromatic rings. The second kappa shape index (κ2) is 8.03. The molecule has 7 heteroatoms. The molecule has 2 aromatic carbocycles. The number of ether oxygens (including phenoxy) is 3. The number of hydrogen-bond donors (Lipinski definition) is 0. The van der Waals surface area contributed by atoms with Gasteiger partial charge < -0.3 is 14.2 Å². The van der Waals surface area contributed by atoms with Crippen LogP contribution < -0.4 is 9.47 Å². The highest BCUT2D eigenvalue weighted by atomic mass is 35.5. The van der Waals surface area contributed by atoms with Gasteiger partial charge in [-0.15, -0.1) is 0 Å². The Kier molecular flexibility index (Phi) is 5.73. The van der Waals surface area contributed by atoms with E-state index in [0.29, 0.717) is 32.7 Å². The summed E-state index contributed by atoms with van der Waals surface area (Å²) in [6.07, 6.45) is 0.763.